The number of rotatable bonds is 8. The van der Waals surface area contributed by atoms with Crippen molar-refractivity contribution in [1.82, 2.24) is 5.32 Å². The highest BCUT2D eigenvalue weighted by atomic mass is 28.3. The number of ketones is 1. The smallest absolute Gasteiger partial charge is 0.407 e. The van der Waals surface area contributed by atoms with Crippen LogP contribution in [0, 0.1) is 0 Å². The van der Waals surface area contributed by atoms with Gasteiger partial charge in [-0.2, -0.15) is 0 Å². The van der Waals surface area contributed by atoms with E-state index in [1.165, 1.54) is 6.92 Å². The molecule has 0 fully saturated rings. The number of Topliss-reactive ketones (excluding diaryl/α,β-unsaturated/α-hetero) is 1. The van der Waals surface area contributed by atoms with Crippen molar-refractivity contribution in [3.8, 4) is 0 Å². The summed E-state index contributed by atoms with van der Waals surface area (Å²) in [6.07, 6.45) is -0.753. The molecule has 0 aromatic rings. The van der Waals surface area contributed by atoms with E-state index in [0.29, 0.717) is 6.61 Å². The quantitative estimate of drug-likeness (QED) is 0.665. The molecule has 0 aliphatic rings. The van der Waals surface area contributed by atoms with E-state index in [-0.39, 0.29) is 18.6 Å². The fraction of sp³-hybridized carbons (Fsp3) is 0.750. The van der Waals surface area contributed by atoms with Crippen LogP contribution in [0.4, 0.5) is 4.79 Å². The van der Waals surface area contributed by atoms with Crippen molar-refractivity contribution < 1.29 is 24.2 Å². The van der Waals surface area contributed by atoms with E-state index in [1.807, 2.05) is 0 Å². The molecule has 0 radical (unpaired) electrons. The molecule has 0 aromatic carbocycles. The number of carbonyl (C=O) groups is 3. The van der Waals surface area contributed by atoms with Crippen molar-refractivity contribution in [2.75, 3.05) is 6.61 Å². The van der Waals surface area contributed by atoms with Crippen LogP contribution in [0.25, 0.3) is 0 Å². The Kier molecular flexibility index (Phi) is 7.36. The lowest BCUT2D eigenvalue weighted by molar-refractivity contribution is -0.137. The van der Waals surface area contributed by atoms with Gasteiger partial charge in [0.15, 0.2) is 5.78 Å². The number of alkyl carbamates (subject to hydrolysis) is 1. The third kappa shape index (κ3) is 10.3. The number of nitrogens with one attached hydrogen (secondary N) is 1. The van der Waals surface area contributed by atoms with Crippen molar-refractivity contribution >= 4 is 25.9 Å². The van der Waals surface area contributed by atoms with Crippen molar-refractivity contribution in [2.45, 2.75) is 51.5 Å². The second kappa shape index (κ2) is 7.93. The molecule has 7 heteroatoms. The van der Waals surface area contributed by atoms with Crippen LogP contribution in [-0.2, 0) is 14.3 Å². The lowest BCUT2D eigenvalue weighted by Gasteiger charge is -2.17. The predicted molar refractivity (Wildman–Crippen MR) is 74.0 cm³/mol. The maximum atomic E-state index is 11.5. The molecule has 0 saturated heterocycles. The minimum Gasteiger partial charge on any atom is -0.481 e. The first-order valence-corrected chi connectivity index (χ1v) is 9.98. The molecule has 1 atom stereocenters. The summed E-state index contributed by atoms with van der Waals surface area (Å²) in [5.74, 6) is -1.27. The summed E-state index contributed by atoms with van der Waals surface area (Å²) in [7, 11) is -1.27. The fourth-order valence-corrected chi connectivity index (χ4v) is 1.99. The van der Waals surface area contributed by atoms with Crippen molar-refractivity contribution in [1.29, 1.82) is 0 Å². The van der Waals surface area contributed by atoms with Crippen LogP contribution in [0.15, 0.2) is 0 Å². The topological polar surface area (TPSA) is 92.7 Å². The van der Waals surface area contributed by atoms with Crippen LogP contribution in [0.1, 0.15) is 19.8 Å². The van der Waals surface area contributed by atoms with E-state index < -0.39 is 26.2 Å². The first-order chi connectivity index (χ1) is 8.61. The molecule has 0 aliphatic carbocycles. The average molecular weight is 289 g/mol. The molecular weight excluding hydrogens is 266 g/mol. The van der Waals surface area contributed by atoms with Gasteiger partial charge in [-0.05, 0) is 19.4 Å². The molecule has 0 spiro atoms. The summed E-state index contributed by atoms with van der Waals surface area (Å²) in [4.78, 5) is 33.2. The molecule has 0 bridgehead atoms. The first kappa shape index (κ1) is 17.6. The zero-order valence-electron chi connectivity index (χ0n) is 12.0. The second-order valence-electron chi connectivity index (χ2n) is 5.69. The van der Waals surface area contributed by atoms with Gasteiger partial charge in [-0.25, -0.2) is 4.79 Å². The standard InChI is InChI=1S/C12H23NO5Si/c1-9(14)10(5-6-11(15)16)13-12(17)18-7-8-19(2,3)4/h10H,5-8H2,1-4H3,(H,13,17)(H,15,16)/t10-/m0/s1. The Labute approximate surface area is 114 Å². The van der Waals surface area contributed by atoms with E-state index in [9.17, 15) is 14.4 Å². The van der Waals surface area contributed by atoms with Gasteiger partial charge < -0.3 is 15.2 Å². The fourth-order valence-electron chi connectivity index (χ4n) is 1.28. The lowest BCUT2D eigenvalue weighted by Crippen LogP contribution is -2.40. The Morgan fingerprint density at radius 1 is 1.26 bits per heavy atom. The van der Waals surface area contributed by atoms with Gasteiger partial charge in [-0.1, -0.05) is 19.6 Å². The minimum atomic E-state index is -1.27. The summed E-state index contributed by atoms with van der Waals surface area (Å²) in [6.45, 7) is 8.14. The third-order valence-electron chi connectivity index (χ3n) is 2.51. The Hall–Kier alpha value is -1.37. The summed E-state index contributed by atoms with van der Waals surface area (Å²) < 4.78 is 4.99. The number of hydrogen-bond donors (Lipinski definition) is 2. The highest BCUT2D eigenvalue weighted by molar-refractivity contribution is 6.76. The van der Waals surface area contributed by atoms with Gasteiger partial charge in [-0.15, -0.1) is 0 Å². The number of ether oxygens (including phenoxy) is 1. The van der Waals surface area contributed by atoms with E-state index in [2.05, 4.69) is 25.0 Å². The molecule has 0 saturated carbocycles. The molecule has 2 N–H and O–H groups in total. The van der Waals surface area contributed by atoms with E-state index in [4.69, 9.17) is 9.84 Å². The number of carbonyl (C=O) groups excluding carboxylic acids is 2. The van der Waals surface area contributed by atoms with E-state index >= 15 is 0 Å². The summed E-state index contributed by atoms with van der Waals surface area (Å²) in [6, 6.07) is 0.0517. The molecule has 1 amide bonds. The Bertz CT molecular complexity index is 338. The summed E-state index contributed by atoms with van der Waals surface area (Å²) in [5.41, 5.74) is 0. The molecule has 0 rings (SSSR count). The van der Waals surface area contributed by atoms with Gasteiger partial charge in [0.05, 0.1) is 12.6 Å². The Morgan fingerprint density at radius 3 is 2.26 bits per heavy atom. The minimum absolute atomic E-state index is 0.0772. The van der Waals surface area contributed by atoms with Crippen molar-refractivity contribution in [3.63, 3.8) is 0 Å². The molecule has 0 aromatic heterocycles. The number of carboxylic acids is 1. The normalized spacial score (nSPS) is 12.6. The molecular formula is C12H23NO5Si. The van der Waals surface area contributed by atoms with E-state index in [1.54, 1.807) is 0 Å². The van der Waals surface area contributed by atoms with Gasteiger partial charge in [0.1, 0.15) is 0 Å². The highest BCUT2D eigenvalue weighted by Crippen LogP contribution is 2.07. The molecule has 0 heterocycles. The zero-order valence-corrected chi connectivity index (χ0v) is 13.0. The Morgan fingerprint density at radius 2 is 1.84 bits per heavy atom. The van der Waals surface area contributed by atoms with Crippen molar-refractivity contribution in [3.05, 3.63) is 0 Å². The second-order valence-corrected chi connectivity index (χ2v) is 11.3. The molecule has 0 aliphatic heterocycles. The molecule has 110 valence electrons. The van der Waals surface area contributed by atoms with Gasteiger partial charge >= 0.3 is 12.1 Å². The molecule has 0 unspecified atom stereocenters. The maximum Gasteiger partial charge on any atom is 0.407 e. The van der Waals surface area contributed by atoms with Gasteiger partial charge in [0.25, 0.3) is 0 Å². The molecule has 6 nitrogen and oxygen atoms in total. The number of aliphatic carboxylic acids is 1. The van der Waals surface area contributed by atoms with Crippen LogP contribution in [0.3, 0.4) is 0 Å². The van der Waals surface area contributed by atoms with Gasteiger partial charge in [0, 0.05) is 14.5 Å². The predicted octanol–water partition coefficient (Wildman–Crippen LogP) is 1.87. The van der Waals surface area contributed by atoms with Gasteiger partial charge in [0.2, 0.25) is 0 Å². The van der Waals surface area contributed by atoms with E-state index in [0.717, 1.165) is 6.04 Å². The third-order valence-corrected chi connectivity index (χ3v) is 4.22. The largest absolute Gasteiger partial charge is 0.481 e. The lowest BCUT2D eigenvalue weighted by atomic mass is 10.1. The summed E-state index contributed by atoms with van der Waals surface area (Å²) >= 11 is 0. The van der Waals surface area contributed by atoms with Crippen molar-refractivity contribution in [2.24, 2.45) is 0 Å². The number of hydrogen-bond acceptors (Lipinski definition) is 4. The molecule has 19 heavy (non-hydrogen) atoms. The SMILES string of the molecule is CC(=O)[C@H](CCC(=O)O)NC(=O)OCC[Si](C)(C)C. The van der Waals surface area contributed by atoms with Crippen LogP contribution < -0.4 is 5.32 Å². The van der Waals surface area contributed by atoms with Crippen LogP contribution in [0.5, 0.6) is 0 Å². The average Bonchev–Trinajstić information content (AvgIpc) is 2.21. The van der Waals surface area contributed by atoms with Crippen LogP contribution in [-0.4, -0.2) is 43.7 Å². The first-order valence-electron chi connectivity index (χ1n) is 6.27. The Balaban J connectivity index is 4.10. The maximum absolute atomic E-state index is 11.5. The number of carboxylic acid groups (broad SMARTS) is 1. The highest BCUT2D eigenvalue weighted by Gasteiger charge is 2.19. The van der Waals surface area contributed by atoms with Crippen LogP contribution >= 0.6 is 0 Å². The summed E-state index contributed by atoms with van der Waals surface area (Å²) in [5, 5.41) is 11.0. The monoisotopic (exact) mass is 289 g/mol. The van der Waals surface area contributed by atoms with Gasteiger partial charge in [-0.3, -0.25) is 9.59 Å². The number of amides is 1. The van der Waals surface area contributed by atoms with Crippen LogP contribution in [0.2, 0.25) is 25.7 Å². The zero-order chi connectivity index (χ0) is 15.1.